The molecule has 100 valence electrons. The maximum atomic E-state index is 4.64. The van der Waals surface area contributed by atoms with Crippen LogP contribution in [-0.4, -0.2) is 35.5 Å². The third-order valence-electron chi connectivity index (χ3n) is 2.77. The molecule has 0 aliphatic carbocycles. The van der Waals surface area contributed by atoms with E-state index >= 15 is 0 Å². The summed E-state index contributed by atoms with van der Waals surface area (Å²) < 4.78 is 0. The van der Waals surface area contributed by atoms with Crippen LogP contribution in [0.2, 0.25) is 0 Å². The Bertz CT molecular complexity index is 229. The summed E-state index contributed by atoms with van der Waals surface area (Å²) in [4.78, 5) is 4.64. The van der Waals surface area contributed by atoms with Gasteiger partial charge in [0.15, 0.2) is 5.17 Å². The largest absolute Gasteiger partial charge is 0.361 e. The molecule has 0 aromatic carbocycles. The molecule has 1 N–H and O–H groups in total. The molecule has 1 fully saturated rings. The highest BCUT2D eigenvalue weighted by Crippen LogP contribution is 2.19. The van der Waals surface area contributed by atoms with E-state index in [2.05, 4.69) is 30.4 Å². The van der Waals surface area contributed by atoms with E-state index in [0.717, 1.165) is 12.5 Å². The standard InChI is InChI=1S/C13H26N2S2/c1-11(2)9-12-10-17-13(15-12)14-7-5-4-6-8-16-3/h11-12H,4-10H2,1-3H3,(H,14,15). The first-order chi connectivity index (χ1) is 8.22. The summed E-state index contributed by atoms with van der Waals surface area (Å²) in [5.41, 5.74) is 0. The normalized spacial score (nSPS) is 22.4. The predicted molar refractivity (Wildman–Crippen MR) is 83.4 cm³/mol. The van der Waals surface area contributed by atoms with Crippen molar-refractivity contribution in [2.45, 2.75) is 45.6 Å². The van der Waals surface area contributed by atoms with E-state index in [1.54, 1.807) is 0 Å². The molecule has 0 saturated carbocycles. The number of thioether (sulfide) groups is 2. The van der Waals surface area contributed by atoms with Crippen LogP contribution in [0.4, 0.5) is 0 Å². The number of unbranched alkanes of at least 4 members (excludes halogenated alkanes) is 2. The maximum absolute atomic E-state index is 4.64. The molecule has 0 amide bonds. The van der Waals surface area contributed by atoms with Crippen molar-refractivity contribution in [1.82, 2.24) is 5.32 Å². The number of amidine groups is 1. The molecule has 0 spiro atoms. The lowest BCUT2D eigenvalue weighted by Gasteiger charge is -2.11. The zero-order chi connectivity index (χ0) is 12.5. The van der Waals surface area contributed by atoms with Crippen molar-refractivity contribution in [3.05, 3.63) is 0 Å². The first-order valence-electron chi connectivity index (χ1n) is 6.65. The van der Waals surface area contributed by atoms with Gasteiger partial charge in [0, 0.05) is 18.3 Å². The van der Waals surface area contributed by atoms with Gasteiger partial charge in [-0.15, -0.1) is 0 Å². The fraction of sp³-hybridized carbons (Fsp3) is 0.923. The molecule has 0 bridgehead atoms. The van der Waals surface area contributed by atoms with E-state index in [0.29, 0.717) is 6.04 Å². The van der Waals surface area contributed by atoms with Crippen molar-refractivity contribution in [2.75, 3.05) is 24.3 Å². The Morgan fingerprint density at radius 3 is 2.94 bits per heavy atom. The van der Waals surface area contributed by atoms with Gasteiger partial charge in [0.1, 0.15) is 0 Å². The number of nitrogens with zero attached hydrogens (tertiary/aromatic N) is 1. The van der Waals surface area contributed by atoms with Crippen molar-refractivity contribution in [3.8, 4) is 0 Å². The van der Waals surface area contributed by atoms with Crippen LogP contribution in [0.1, 0.15) is 39.5 Å². The molecule has 1 saturated heterocycles. The zero-order valence-corrected chi connectivity index (χ0v) is 13.0. The van der Waals surface area contributed by atoms with Crippen molar-refractivity contribution < 1.29 is 0 Å². The average molecular weight is 274 g/mol. The Morgan fingerprint density at radius 2 is 2.24 bits per heavy atom. The lowest BCUT2D eigenvalue weighted by Crippen LogP contribution is -2.28. The third-order valence-corrected chi connectivity index (χ3v) is 4.55. The molecule has 1 unspecified atom stereocenters. The molecule has 1 aliphatic rings. The Labute approximate surface area is 115 Å². The van der Waals surface area contributed by atoms with Gasteiger partial charge in [-0.25, -0.2) is 0 Å². The predicted octanol–water partition coefficient (Wildman–Crippen LogP) is 3.63. The van der Waals surface area contributed by atoms with Gasteiger partial charge in [-0.2, -0.15) is 11.8 Å². The molecule has 1 heterocycles. The van der Waals surface area contributed by atoms with Crippen molar-refractivity contribution in [2.24, 2.45) is 10.9 Å². The smallest absolute Gasteiger partial charge is 0.156 e. The molecule has 0 aromatic heterocycles. The van der Waals surface area contributed by atoms with Crippen LogP contribution in [0.25, 0.3) is 0 Å². The van der Waals surface area contributed by atoms with Crippen molar-refractivity contribution in [1.29, 1.82) is 0 Å². The lowest BCUT2D eigenvalue weighted by molar-refractivity contribution is 0.502. The summed E-state index contributed by atoms with van der Waals surface area (Å²) in [6.45, 7) is 5.57. The van der Waals surface area contributed by atoms with Gasteiger partial charge < -0.3 is 5.32 Å². The molecule has 0 aromatic rings. The number of hydrogen-bond donors (Lipinski definition) is 1. The van der Waals surface area contributed by atoms with Crippen molar-refractivity contribution >= 4 is 28.7 Å². The SMILES string of the molecule is CSCCCCCN=C1NC(CC(C)C)CS1. The summed E-state index contributed by atoms with van der Waals surface area (Å²) in [6.07, 6.45) is 7.33. The monoisotopic (exact) mass is 274 g/mol. The first kappa shape index (κ1) is 15.2. The van der Waals surface area contributed by atoms with Gasteiger partial charge >= 0.3 is 0 Å². The average Bonchev–Trinajstić information content (AvgIpc) is 2.70. The van der Waals surface area contributed by atoms with Gasteiger partial charge in [-0.1, -0.05) is 32.0 Å². The molecule has 0 radical (unpaired) electrons. The van der Waals surface area contributed by atoms with Crippen LogP contribution >= 0.6 is 23.5 Å². The topological polar surface area (TPSA) is 24.4 Å². The van der Waals surface area contributed by atoms with E-state index in [4.69, 9.17) is 0 Å². The highest BCUT2D eigenvalue weighted by Gasteiger charge is 2.20. The van der Waals surface area contributed by atoms with E-state index in [1.165, 1.54) is 42.4 Å². The molecule has 1 atom stereocenters. The van der Waals surface area contributed by atoms with Gasteiger partial charge in [-0.3, -0.25) is 4.99 Å². The maximum Gasteiger partial charge on any atom is 0.156 e. The fourth-order valence-corrected chi connectivity index (χ4v) is 3.44. The highest BCUT2D eigenvalue weighted by atomic mass is 32.2. The van der Waals surface area contributed by atoms with Gasteiger partial charge in [0.05, 0.1) is 0 Å². The zero-order valence-electron chi connectivity index (χ0n) is 11.4. The van der Waals surface area contributed by atoms with Gasteiger partial charge in [0.2, 0.25) is 0 Å². The molecular formula is C13H26N2S2. The minimum Gasteiger partial charge on any atom is -0.361 e. The Balaban J connectivity index is 2.07. The molecule has 4 heteroatoms. The summed E-state index contributed by atoms with van der Waals surface area (Å²) in [6, 6.07) is 0.648. The quantitative estimate of drug-likeness (QED) is 0.684. The van der Waals surface area contributed by atoms with E-state index in [9.17, 15) is 0 Å². The van der Waals surface area contributed by atoms with Crippen LogP contribution in [0, 0.1) is 5.92 Å². The van der Waals surface area contributed by atoms with Crippen LogP contribution in [0.5, 0.6) is 0 Å². The molecule has 1 aliphatic heterocycles. The summed E-state index contributed by atoms with van der Waals surface area (Å²) in [7, 11) is 0. The van der Waals surface area contributed by atoms with Crippen LogP contribution in [0.15, 0.2) is 4.99 Å². The van der Waals surface area contributed by atoms with E-state index in [1.807, 2.05) is 23.5 Å². The van der Waals surface area contributed by atoms with Crippen molar-refractivity contribution in [3.63, 3.8) is 0 Å². The summed E-state index contributed by atoms with van der Waals surface area (Å²) in [5.74, 6) is 3.27. The second-order valence-corrected chi connectivity index (χ2v) is 7.02. The molecular weight excluding hydrogens is 248 g/mol. The molecule has 17 heavy (non-hydrogen) atoms. The molecule has 1 rings (SSSR count). The third kappa shape index (κ3) is 7.24. The van der Waals surface area contributed by atoms with Crippen LogP contribution in [-0.2, 0) is 0 Å². The van der Waals surface area contributed by atoms with Gasteiger partial charge in [0.25, 0.3) is 0 Å². The molecule has 2 nitrogen and oxygen atoms in total. The first-order valence-corrected chi connectivity index (χ1v) is 9.03. The van der Waals surface area contributed by atoms with Crippen LogP contribution in [0.3, 0.4) is 0 Å². The minimum atomic E-state index is 0.648. The summed E-state index contributed by atoms with van der Waals surface area (Å²) >= 11 is 3.83. The van der Waals surface area contributed by atoms with Gasteiger partial charge in [-0.05, 0) is 37.2 Å². The number of aliphatic imine (C=N–C) groups is 1. The lowest BCUT2D eigenvalue weighted by atomic mass is 10.1. The number of hydrogen-bond acceptors (Lipinski definition) is 3. The van der Waals surface area contributed by atoms with E-state index in [-0.39, 0.29) is 0 Å². The number of nitrogens with one attached hydrogen (secondary N) is 1. The second kappa shape index (κ2) is 9.15. The Hall–Kier alpha value is 0.170. The summed E-state index contributed by atoms with van der Waals surface area (Å²) in [5, 5.41) is 4.71. The Morgan fingerprint density at radius 1 is 1.41 bits per heavy atom. The number of rotatable bonds is 8. The van der Waals surface area contributed by atoms with E-state index < -0.39 is 0 Å². The Kier molecular flexibility index (Phi) is 8.19. The minimum absolute atomic E-state index is 0.648. The second-order valence-electron chi connectivity index (χ2n) is 5.02. The fourth-order valence-electron chi connectivity index (χ4n) is 1.94. The highest BCUT2D eigenvalue weighted by molar-refractivity contribution is 8.14. The van der Waals surface area contributed by atoms with Crippen LogP contribution < -0.4 is 5.32 Å².